The lowest BCUT2D eigenvalue weighted by atomic mass is 10.1. The summed E-state index contributed by atoms with van der Waals surface area (Å²) in [6, 6.07) is 2.42. The molecule has 22 heavy (non-hydrogen) atoms. The van der Waals surface area contributed by atoms with Crippen LogP contribution in [0.25, 0.3) is 0 Å². The molecule has 4 nitrogen and oxygen atoms in total. The minimum Gasteiger partial charge on any atom is -0.478 e. The van der Waals surface area contributed by atoms with Crippen LogP contribution < -0.4 is 5.73 Å². The second-order valence-electron chi connectivity index (χ2n) is 3.89. The smallest absolute Gasteiger partial charge is 0.434 e. The third kappa shape index (κ3) is 4.24. The van der Waals surface area contributed by atoms with Crippen LogP contribution in [0, 0.1) is 0 Å². The molecule has 0 saturated heterocycles. The highest BCUT2D eigenvalue weighted by atomic mass is 19.4. The van der Waals surface area contributed by atoms with E-state index >= 15 is 0 Å². The predicted molar refractivity (Wildman–Crippen MR) is 64.5 cm³/mol. The number of carboxylic acid groups (broad SMARTS) is 1. The van der Waals surface area contributed by atoms with E-state index in [4.69, 9.17) is 10.8 Å². The molecule has 0 aliphatic rings. The van der Waals surface area contributed by atoms with E-state index < -0.39 is 40.9 Å². The molecule has 0 unspecified atom stereocenters. The normalized spacial score (nSPS) is 14.1. The maximum atomic E-state index is 12.8. The van der Waals surface area contributed by atoms with Crippen LogP contribution in [0.15, 0.2) is 41.0 Å². The van der Waals surface area contributed by atoms with Gasteiger partial charge in [-0.3, -0.25) is 0 Å². The number of nitrogens with zero attached hydrogens (tertiary/aromatic N) is 1. The Morgan fingerprint density at radius 3 is 1.91 bits per heavy atom. The first kappa shape index (κ1) is 17.5. The van der Waals surface area contributed by atoms with Gasteiger partial charge in [0.25, 0.3) is 0 Å². The minimum absolute atomic E-state index is 0.207. The zero-order valence-corrected chi connectivity index (χ0v) is 10.5. The molecule has 120 valence electrons. The average Bonchev–Trinajstić information content (AvgIpc) is 2.36. The Morgan fingerprint density at radius 2 is 1.59 bits per heavy atom. The summed E-state index contributed by atoms with van der Waals surface area (Å²) in [6.45, 7) is 0. The van der Waals surface area contributed by atoms with E-state index in [1.165, 1.54) is 0 Å². The van der Waals surface area contributed by atoms with Gasteiger partial charge in [0.1, 0.15) is 5.57 Å². The molecule has 0 bridgehead atoms. The van der Waals surface area contributed by atoms with Crippen molar-refractivity contribution >= 4 is 17.4 Å². The Kier molecular flexibility index (Phi) is 4.84. The molecule has 0 atom stereocenters. The number of carbonyl (C=O) groups is 1. The molecule has 0 heterocycles. The van der Waals surface area contributed by atoms with Gasteiger partial charge >= 0.3 is 18.3 Å². The molecule has 0 saturated carbocycles. The number of alkyl halides is 6. The number of benzene rings is 1. The molecule has 0 spiro atoms. The molecule has 1 aromatic carbocycles. The van der Waals surface area contributed by atoms with Crippen molar-refractivity contribution in [3.63, 3.8) is 0 Å². The summed E-state index contributed by atoms with van der Waals surface area (Å²) in [5.41, 5.74) is 0.129. The fourth-order valence-corrected chi connectivity index (χ4v) is 1.38. The summed E-state index contributed by atoms with van der Waals surface area (Å²) >= 11 is 0. The second-order valence-corrected chi connectivity index (χ2v) is 3.89. The van der Waals surface area contributed by atoms with Gasteiger partial charge in [-0.25, -0.2) is 9.79 Å². The molecule has 10 heteroatoms. The molecule has 0 amide bonds. The maximum absolute atomic E-state index is 12.8. The number of hydrogen-bond acceptors (Lipinski definition) is 3. The van der Waals surface area contributed by atoms with Crippen molar-refractivity contribution in [2.45, 2.75) is 12.4 Å². The first-order chi connectivity index (χ1) is 9.96. The van der Waals surface area contributed by atoms with Crippen LogP contribution in [-0.2, 0) is 11.0 Å². The Bertz CT molecular complexity index is 614. The highest BCUT2D eigenvalue weighted by molar-refractivity contribution is 6.22. The number of nitrogens with two attached hydrogens (primary N) is 1. The summed E-state index contributed by atoms with van der Waals surface area (Å²) < 4.78 is 75.4. The van der Waals surface area contributed by atoms with Gasteiger partial charge in [-0.05, 0) is 24.3 Å². The zero-order chi connectivity index (χ0) is 17.1. The summed E-state index contributed by atoms with van der Waals surface area (Å²) in [7, 11) is 0. The third-order valence-electron chi connectivity index (χ3n) is 2.36. The van der Waals surface area contributed by atoms with E-state index in [0.29, 0.717) is 24.3 Å². The Hall–Kier alpha value is -2.52. The largest absolute Gasteiger partial charge is 0.478 e. The molecule has 0 aromatic heterocycles. The van der Waals surface area contributed by atoms with Gasteiger partial charge in [0.2, 0.25) is 0 Å². The van der Waals surface area contributed by atoms with Gasteiger partial charge < -0.3 is 10.8 Å². The molecular formula is C12H8F6N2O2. The lowest BCUT2D eigenvalue weighted by molar-refractivity contribution is -0.137. The summed E-state index contributed by atoms with van der Waals surface area (Å²) in [5, 5.41) is 8.66. The van der Waals surface area contributed by atoms with Crippen LogP contribution >= 0.6 is 0 Å². The first-order valence-corrected chi connectivity index (χ1v) is 5.45. The van der Waals surface area contributed by atoms with Crippen molar-refractivity contribution in [2.75, 3.05) is 0 Å². The van der Waals surface area contributed by atoms with Gasteiger partial charge in [-0.15, -0.1) is 0 Å². The quantitative estimate of drug-likeness (QED) is 0.508. The molecule has 0 radical (unpaired) electrons. The fraction of sp³-hybridized carbons (Fsp3) is 0.167. The highest BCUT2D eigenvalue weighted by Gasteiger charge is 2.40. The van der Waals surface area contributed by atoms with E-state index in [0.717, 1.165) is 0 Å². The lowest BCUT2D eigenvalue weighted by Gasteiger charge is -2.11. The predicted octanol–water partition coefficient (Wildman–Crippen LogP) is 3.27. The van der Waals surface area contributed by atoms with Crippen LogP contribution in [0.2, 0.25) is 0 Å². The highest BCUT2D eigenvalue weighted by Crippen LogP contribution is 2.31. The fourth-order valence-electron chi connectivity index (χ4n) is 1.38. The van der Waals surface area contributed by atoms with Crippen LogP contribution in [0.4, 0.5) is 32.0 Å². The van der Waals surface area contributed by atoms with Gasteiger partial charge in [-0.1, -0.05) is 0 Å². The lowest BCUT2D eigenvalue weighted by Crippen LogP contribution is -2.29. The molecule has 0 aliphatic carbocycles. The number of rotatable bonds is 3. The number of carboxylic acids is 1. The van der Waals surface area contributed by atoms with Crippen molar-refractivity contribution in [1.82, 2.24) is 0 Å². The zero-order valence-electron chi connectivity index (χ0n) is 10.5. The van der Waals surface area contributed by atoms with Crippen molar-refractivity contribution in [1.29, 1.82) is 0 Å². The first-order valence-electron chi connectivity index (χ1n) is 5.45. The summed E-state index contributed by atoms with van der Waals surface area (Å²) in [4.78, 5) is 13.8. The monoisotopic (exact) mass is 326 g/mol. The summed E-state index contributed by atoms with van der Waals surface area (Å²) in [5.74, 6) is -1.97. The van der Waals surface area contributed by atoms with Crippen LogP contribution in [-0.4, -0.2) is 23.0 Å². The van der Waals surface area contributed by atoms with Crippen molar-refractivity contribution in [3.05, 3.63) is 41.6 Å². The standard InChI is InChI=1S/C12H8F6N2O2/c13-11(14,15)6-1-3-7(4-2-6)20-9(12(16,17)18)8(5-19)10(21)22/h1-5H,19H2,(H,21,22). The van der Waals surface area contributed by atoms with E-state index in [9.17, 15) is 31.1 Å². The SMILES string of the molecule is NC=C(C(=O)O)C(=Nc1ccc(C(F)(F)F)cc1)C(F)(F)F. The number of aliphatic carboxylic acids is 1. The van der Waals surface area contributed by atoms with Crippen LogP contribution in [0.5, 0.6) is 0 Å². The van der Waals surface area contributed by atoms with Gasteiger partial charge in [0.05, 0.1) is 11.3 Å². The second kappa shape index (κ2) is 6.08. The molecule has 3 N–H and O–H groups in total. The molecule has 0 aliphatic heterocycles. The van der Waals surface area contributed by atoms with Gasteiger partial charge in [0.15, 0.2) is 5.71 Å². The number of hydrogen-bond donors (Lipinski definition) is 2. The third-order valence-corrected chi connectivity index (χ3v) is 2.36. The number of aliphatic imine (C=N–C) groups is 1. The van der Waals surface area contributed by atoms with Crippen molar-refractivity contribution < 1.29 is 36.2 Å². The van der Waals surface area contributed by atoms with Crippen LogP contribution in [0.1, 0.15) is 5.56 Å². The Morgan fingerprint density at radius 1 is 1.09 bits per heavy atom. The average molecular weight is 326 g/mol. The maximum Gasteiger partial charge on any atom is 0.434 e. The minimum atomic E-state index is -5.15. The van der Waals surface area contributed by atoms with E-state index in [-0.39, 0.29) is 6.20 Å². The molecular weight excluding hydrogens is 318 g/mol. The van der Waals surface area contributed by atoms with Gasteiger partial charge in [0, 0.05) is 6.20 Å². The van der Waals surface area contributed by atoms with E-state index in [1.54, 1.807) is 0 Å². The Labute approximate surface area is 119 Å². The molecule has 0 fully saturated rings. The molecule has 1 aromatic rings. The number of halogens is 6. The molecule has 1 rings (SSSR count). The van der Waals surface area contributed by atoms with Crippen molar-refractivity contribution in [2.24, 2.45) is 10.7 Å². The topological polar surface area (TPSA) is 75.7 Å². The summed E-state index contributed by atoms with van der Waals surface area (Å²) in [6.07, 6.45) is -9.59. The van der Waals surface area contributed by atoms with E-state index in [1.807, 2.05) is 0 Å². The van der Waals surface area contributed by atoms with E-state index in [2.05, 4.69) is 4.99 Å². The Balaban J connectivity index is 3.32. The van der Waals surface area contributed by atoms with Crippen LogP contribution in [0.3, 0.4) is 0 Å². The van der Waals surface area contributed by atoms with Gasteiger partial charge in [-0.2, -0.15) is 26.3 Å². The van der Waals surface area contributed by atoms with Crippen molar-refractivity contribution in [3.8, 4) is 0 Å².